The second-order valence-electron chi connectivity index (χ2n) is 3.42. The van der Waals surface area contributed by atoms with Gasteiger partial charge in [-0.1, -0.05) is 23.2 Å². The topological polar surface area (TPSA) is 39.8 Å². The first-order valence-electron chi connectivity index (χ1n) is 4.60. The van der Waals surface area contributed by atoms with Gasteiger partial charge in [-0.2, -0.15) is 5.10 Å². The third-order valence-corrected chi connectivity index (χ3v) is 2.82. The molecule has 0 unspecified atom stereocenters. The molecule has 1 heterocycles. The molecule has 2 rings (SSSR count). The minimum Gasteiger partial charge on any atom is -0.285 e. The molecule has 84 valence electrons. The summed E-state index contributed by atoms with van der Waals surface area (Å²) >= 11 is 11.9. The molecule has 0 amide bonds. The van der Waals surface area contributed by atoms with Crippen molar-refractivity contribution in [3.8, 4) is 0 Å². The Hall–Kier alpha value is -1.26. The molecule has 0 fully saturated rings. The highest BCUT2D eigenvalue weighted by Gasteiger charge is 2.06. The van der Waals surface area contributed by atoms with E-state index >= 15 is 0 Å². The van der Waals surface area contributed by atoms with Gasteiger partial charge in [0.25, 0.3) is 0 Å². The number of halogens is 2. The van der Waals surface area contributed by atoms with E-state index < -0.39 is 0 Å². The first-order valence-corrected chi connectivity index (χ1v) is 5.36. The van der Waals surface area contributed by atoms with E-state index in [1.165, 1.54) is 15.6 Å². The van der Waals surface area contributed by atoms with Crippen LogP contribution in [-0.2, 0) is 13.6 Å². The van der Waals surface area contributed by atoms with Gasteiger partial charge in [0.2, 0.25) is 0 Å². The SMILES string of the molecule is Cn1cnn(Cc2cc(Cl)ccc2Cl)c1=O. The number of aryl methyl sites for hydroxylation is 1. The standard InChI is InChI=1S/C10H9Cl2N3O/c1-14-6-13-15(10(14)16)5-7-4-8(11)2-3-9(7)12/h2-4,6H,5H2,1H3. The van der Waals surface area contributed by atoms with E-state index in [2.05, 4.69) is 5.10 Å². The predicted octanol–water partition coefficient (Wildman–Crippen LogP) is 1.94. The quantitative estimate of drug-likeness (QED) is 0.825. The van der Waals surface area contributed by atoms with Gasteiger partial charge in [-0.3, -0.25) is 4.57 Å². The molecule has 0 spiro atoms. The van der Waals surface area contributed by atoms with Crippen LogP contribution in [0.15, 0.2) is 29.3 Å². The summed E-state index contributed by atoms with van der Waals surface area (Å²) in [6.07, 6.45) is 1.46. The first-order chi connectivity index (χ1) is 7.58. The summed E-state index contributed by atoms with van der Waals surface area (Å²) in [7, 11) is 1.64. The van der Waals surface area contributed by atoms with E-state index in [1.54, 1.807) is 25.2 Å². The monoisotopic (exact) mass is 257 g/mol. The largest absolute Gasteiger partial charge is 0.345 e. The minimum atomic E-state index is -0.184. The zero-order valence-corrected chi connectivity index (χ0v) is 10.0. The Kier molecular flexibility index (Phi) is 3.03. The van der Waals surface area contributed by atoms with E-state index in [1.807, 2.05) is 0 Å². The highest BCUT2D eigenvalue weighted by Crippen LogP contribution is 2.20. The Labute approximate surface area is 102 Å². The molecule has 0 saturated heterocycles. The molecule has 0 saturated carbocycles. The third-order valence-electron chi connectivity index (χ3n) is 2.21. The van der Waals surface area contributed by atoms with Crippen molar-refractivity contribution in [2.24, 2.45) is 7.05 Å². The third kappa shape index (κ3) is 2.13. The van der Waals surface area contributed by atoms with Crippen LogP contribution < -0.4 is 5.69 Å². The van der Waals surface area contributed by atoms with Gasteiger partial charge in [-0.25, -0.2) is 9.48 Å². The zero-order valence-electron chi connectivity index (χ0n) is 8.52. The summed E-state index contributed by atoms with van der Waals surface area (Å²) in [6.45, 7) is 0.319. The van der Waals surface area contributed by atoms with Gasteiger partial charge in [0.05, 0.1) is 6.54 Å². The second-order valence-corrected chi connectivity index (χ2v) is 4.26. The number of aromatic nitrogens is 3. The summed E-state index contributed by atoms with van der Waals surface area (Å²) in [5.74, 6) is 0. The lowest BCUT2D eigenvalue weighted by molar-refractivity contribution is 0.647. The summed E-state index contributed by atoms with van der Waals surface area (Å²) in [6, 6.07) is 5.13. The highest BCUT2D eigenvalue weighted by molar-refractivity contribution is 6.33. The van der Waals surface area contributed by atoms with Crippen LogP contribution in [-0.4, -0.2) is 14.3 Å². The molecular formula is C10H9Cl2N3O. The molecular weight excluding hydrogens is 249 g/mol. The van der Waals surface area contributed by atoms with Crippen molar-refractivity contribution in [1.82, 2.24) is 14.3 Å². The van der Waals surface area contributed by atoms with Gasteiger partial charge in [0.15, 0.2) is 0 Å². The summed E-state index contributed by atoms with van der Waals surface area (Å²) < 4.78 is 2.73. The first kappa shape index (κ1) is 11.2. The Morgan fingerprint density at radius 1 is 1.38 bits per heavy atom. The fourth-order valence-electron chi connectivity index (χ4n) is 1.35. The summed E-state index contributed by atoms with van der Waals surface area (Å²) in [4.78, 5) is 11.6. The van der Waals surface area contributed by atoms with E-state index in [0.717, 1.165) is 5.56 Å². The van der Waals surface area contributed by atoms with Gasteiger partial charge < -0.3 is 0 Å². The fourth-order valence-corrected chi connectivity index (χ4v) is 1.73. The van der Waals surface area contributed by atoms with Gasteiger partial charge in [0, 0.05) is 17.1 Å². The lowest BCUT2D eigenvalue weighted by atomic mass is 10.2. The van der Waals surface area contributed by atoms with E-state index in [4.69, 9.17) is 23.2 Å². The molecule has 0 aliphatic carbocycles. The molecule has 0 bridgehead atoms. The van der Waals surface area contributed by atoms with Crippen LogP contribution in [0.25, 0.3) is 0 Å². The molecule has 6 heteroatoms. The van der Waals surface area contributed by atoms with Crippen molar-refractivity contribution in [2.45, 2.75) is 6.54 Å². The highest BCUT2D eigenvalue weighted by atomic mass is 35.5. The Bertz CT molecular complexity index is 574. The summed E-state index contributed by atoms with van der Waals surface area (Å²) in [5.41, 5.74) is 0.589. The number of nitrogens with zero attached hydrogens (tertiary/aromatic N) is 3. The molecule has 0 aliphatic heterocycles. The molecule has 1 aromatic carbocycles. The fraction of sp³-hybridized carbons (Fsp3) is 0.200. The van der Waals surface area contributed by atoms with Crippen molar-refractivity contribution in [2.75, 3.05) is 0 Å². The van der Waals surface area contributed by atoms with E-state index in [9.17, 15) is 4.79 Å². The zero-order chi connectivity index (χ0) is 11.7. The molecule has 0 N–H and O–H groups in total. The van der Waals surface area contributed by atoms with Crippen LogP contribution in [0.2, 0.25) is 10.0 Å². The second kappa shape index (κ2) is 4.31. The maximum absolute atomic E-state index is 11.6. The minimum absolute atomic E-state index is 0.184. The average molecular weight is 258 g/mol. The van der Waals surface area contributed by atoms with Gasteiger partial charge >= 0.3 is 5.69 Å². The lowest BCUT2D eigenvalue weighted by Crippen LogP contribution is -2.23. The van der Waals surface area contributed by atoms with Gasteiger partial charge in [0.1, 0.15) is 6.33 Å². The molecule has 0 aliphatic rings. The van der Waals surface area contributed by atoms with Crippen LogP contribution in [0.3, 0.4) is 0 Å². The average Bonchev–Trinajstić information content (AvgIpc) is 2.55. The molecule has 1 aromatic heterocycles. The number of hydrogen-bond acceptors (Lipinski definition) is 2. The number of benzene rings is 1. The summed E-state index contributed by atoms with van der Waals surface area (Å²) in [5, 5.41) is 5.10. The van der Waals surface area contributed by atoms with Crippen molar-refractivity contribution < 1.29 is 0 Å². The van der Waals surface area contributed by atoms with E-state index in [0.29, 0.717) is 16.6 Å². The smallest absolute Gasteiger partial charge is 0.285 e. The molecule has 4 nitrogen and oxygen atoms in total. The molecule has 16 heavy (non-hydrogen) atoms. The Morgan fingerprint density at radius 2 is 2.12 bits per heavy atom. The number of hydrogen-bond donors (Lipinski definition) is 0. The normalized spacial score (nSPS) is 10.7. The maximum Gasteiger partial charge on any atom is 0.345 e. The maximum atomic E-state index is 11.6. The van der Waals surface area contributed by atoms with Crippen molar-refractivity contribution in [3.05, 3.63) is 50.6 Å². The Morgan fingerprint density at radius 3 is 2.75 bits per heavy atom. The van der Waals surface area contributed by atoms with Crippen LogP contribution >= 0.6 is 23.2 Å². The van der Waals surface area contributed by atoms with Gasteiger partial charge in [-0.05, 0) is 23.8 Å². The van der Waals surface area contributed by atoms with E-state index in [-0.39, 0.29) is 5.69 Å². The Balaban J connectivity index is 2.37. The molecule has 0 atom stereocenters. The predicted molar refractivity (Wildman–Crippen MR) is 63.0 cm³/mol. The van der Waals surface area contributed by atoms with Crippen LogP contribution in [0.1, 0.15) is 5.56 Å². The number of rotatable bonds is 2. The van der Waals surface area contributed by atoms with Crippen LogP contribution in [0.5, 0.6) is 0 Å². The van der Waals surface area contributed by atoms with Crippen molar-refractivity contribution >= 4 is 23.2 Å². The molecule has 2 aromatic rings. The van der Waals surface area contributed by atoms with Gasteiger partial charge in [-0.15, -0.1) is 0 Å². The van der Waals surface area contributed by atoms with Crippen LogP contribution in [0.4, 0.5) is 0 Å². The van der Waals surface area contributed by atoms with Crippen molar-refractivity contribution in [3.63, 3.8) is 0 Å². The molecule has 0 radical (unpaired) electrons. The van der Waals surface area contributed by atoms with Crippen molar-refractivity contribution in [1.29, 1.82) is 0 Å². The lowest BCUT2D eigenvalue weighted by Gasteiger charge is -2.03. The van der Waals surface area contributed by atoms with Crippen LogP contribution in [0, 0.1) is 0 Å².